The maximum Gasteiger partial charge on any atom is 0.574 e. The minimum Gasteiger partial charge on any atom is -0.466 e. The van der Waals surface area contributed by atoms with Crippen molar-refractivity contribution in [3.63, 3.8) is 0 Å². The largest absolute Gasteiger partial charge is 0.574 e. The third-order valence-corrected chi connectivity index (χ3v) is 2.92. The quantitative estimate of drug-likeness (QED) is 0.419. The summed E-state index contributed by atoms with van der Waals surface area (Å²) in [5.41, 5.74) is -1.30. The second kappa shape index (κ2) is 7.70. The van der Waals surface area contributed by atoms with Crippen molar-refractivity contribution in [2.75, 3.05) is 6.61 Å². The zero-order valence-corrected chi connectivity index (χ0v) is 12.8. The number of esters is 1. The Morgan fingerprint density at radius 2 is 2.05 bits per heavy atom. The van der Waals surface area contributed by atoms with Crippen LogP contribution in [0.2, 0.25) is 0 Å². The van der Waals surface area contributed by atoms with E-state index in [-0.39, 0.29) is 17.6 Å². The first-order valence-corrected chi connectivity index (χ1v) is 7.08. The molecule has 0 amide bonds. The molecule has 0 saturated carbocycles. The molecule has 0 fully saturated rings. The molecule has 0 N–H and O–H groups in total. The van der Waals surface area contributed by atoms with Crippen LogP contribution in [-0.4, -0.2) is 23.9 Å². The molecule has 1 rings (SSSR count). The first-order valence-electron chi connectivity index (χ1n) is 5.96. The van der Waals surface area contributed by atoms with E-state index in [1.165, 1.54) is 6.92 Å². The molecule has 0 bridgehead atoms. The third-order valence-electron chi connectivity index (χ3n) is 2.39. The van der Waals surface area contributed by atoms with Crippen LogP contribution in [0.1, 0.15) is 30.2 Å². The highest BCUT2D eigenvalue weighted by molar-refractivity contribution is 9.08. The number of pyridine rings is 1. The number of rotatable bonds is 6. The van der Waals surface area contributed by atoms with Crippen LogP contribution >= 0.6 is 15.9 Å². The Kier molecular flexibility index (Phi) is 6.51. The van der Waals surface area contributed by atoms with Gasteiger partial charge in [-0.25, -0.2) is 13.8 Å². The zero-order chi connectivity index (χ0) is 16.9. The molecular weight excluding hydrogens is 381 g/mol. The van der Waals surface area contributed by atoms with Gasteiger partial charge in [0.1, 0.15) is 0 Å². The predicted molar refractivity (Wildman–Crippen MR) is 68.8 cm³/mol. The van der Waals surface area contributed by atoms with Crippen LogP contribution < -0.4 is 4.74 Å². The molecule has 1 aromatic heterocycles. The van der Waals surface area contributed by atoms with Gasteiger partial charge in [0.05, 0.1) is 18.7 Å². The fraction of sp³-hybridized carbons (Fsp3) is 0.500. The Balaban J connectivity index is 3.28. The van der Waals surface area contributed by atoms with Crippen LogP contribution in [0, 0.1) is 0 Å². The molecule has 124 valence electrons. The molecule has 0 radical (unpaired) electrons. The van der Waals surface area contributed by atoms with Crippen molar-refractivity contribution in [2.45, 2.75) is 31.5 Å². The van der Waals surface area contributed by atoms with E-state index in [1.807, 2.05) is 0 Å². The average Bonchev–Trinajstić information content (AvgIpc) is 2.38. The molecule has 0 aliphatic rings. The maximum atomic E-state index is 12.9. The van der Waals surface area contributed by atoms with Gasteiger partial charge in [-0.15, -0.1) is 13.2 Å². The average molecular weight is 392 g/mol. The second-order valence-electron chi connectivity index (χ2n) is 3.95. The van der Waals surface area contributed by atoms with Gasteiger partial charge >= 0.3 is 12.3 Å². The van der Waals surface area contributed by atoms with Crippen molar-refractivity contribution in [3.05, 3.63) is 22.9 Å². The highest BCUT2D eigenvalue weighted by Gasteiger charge is 2.34. The molecule has 22 heavy (non-hydrogen) atoms. The number of carbonyl (C=O) groups is 1. The van der Waals surface area contributed by atoms with Gasteiger partial charge in [0.25, 0.3) is 6.43 Å². The number of hydrogen-bond donors (Lipinski definition) is 0. The summed E-state index contributed by atoms with van der Waals surface area (Å²) in [4.78, 5) is 14.8. The van der Waals surface area contributed by atoms with Crippen molar-refractivity contribution < 1.29 is 36.2 Å². The van der Waals surface area contributed by atoms with Crippen molar-refractivity contribution in [2.24, 2.45) is 0 Å². The number of ether oxygens (including phenoxy) is 2. The topological polar surface area (TPSA) is 48.4 Å². The molecule has 1 heterocycles. The number of alkyl halides is 6. The second-order valence-corrected chi connectivity index (χ2v) is 4.51. The van der Waals surface area contributed by atoms with E-state index < -0.39 is 42.2 Å². The monoisotopic (exact) mass is 391 g/mol. The van der Waals surface area contributed by atoms with Crippen LogP contribution in [0.3, 0.4) is 0 Å². The van der Waals surface area contributed by atoms with E-state index in [2.05, 4.69) is 30.4 Å². The maximum absolute atomic E-state index is 12.9. The van der Waals surface area contributed by atoms with Gasteiger partial charge in [-0.3, -0.25) is 4.79 Å². The number of nitrogens with zero attached hydrogens (tertiary/aromatic N) is 1. The summed E-state index contributed by atoms with van der Waals surface area (Å²) in [7, 11) is 0. The number of carbonyl (C=O) groups excluding carboxylic acids is 1. The number of aromatic nitrogens is 1. The van der Waals surface area contributed by atoms with Crippen LogP contribution in [0.25, 0.3) is 0 Å². The van der Waals surface area contributed by atoms with Gasteiger partial charge in [0.2, 0.25) is 5.88 Å². The van der Waals surface area contributed by atoms with Gasteiger partial charge in [0, 0.05) is 16.5 Å². The molecule has 0 unspecified atom stereocenters. The molecule has 0 saturated heterocycles. The summed E-state index contributed by atoms with van der Waals surface area (Å²) in [6.07, 6.45) is -8.68. The first kappa shape index (κ1) is 18.6. The van der Waals surface area contributed by atoms with Gasteiger partial charge in [-0.1, -0.05) is 15.9 Å². The SMILES string of the molecule is CCOC(=O)Cc1cc(C(F)F)c(CBr)nc1OC(F)(F)F. The van der Waals surface area contributed by atoms with E-state index in [9.17, 15) is 26.7 Å². The standard InChI is InChI=1S/C12H11BrF5NO3/c1-2-21-9(20)4-6-3-7(10(14)15)8(5-13)19-11(6)22-12(16,17)18/h3,10H,2,4-5H2,1H3. The third kappa shape index (κ3) is 5.39. The normalized spacial score (nSPS) is 11.6. The van der Waals surface area contributed by atoms with E-state index >= 15 is 0 Å². The Bertz CT molecular complexity index is 536. The summed E-state index contributed by atoms with van der Waals surface area (Å²) in [5.74, 6) is -1.82. The number of hydrogen-bond acceptors (Lipinski definition) is 4. The molecule has 0 aromatic carbocycles. The molecular formula is C12H11BrF5NO3. The van der Waals surface area contributed by atoms with Gasteiger partial charge < -0.3 is 9.47 Å². The fourth-order valence-electron chi connectivity index (χ4n) is 1.58. The summed E-state index contributed by atoms with van der Waals surface area (Å²) < 4.78 is 71.2. The molecule has 0 atom stereocenters. The zero-order valence-electron chi connectivity index (χ0n) is 11.2. The predicted octanol–water partition coefficient (Wildman–Crippen LogP) is 3.92. The molecule has 4 nitrogen and oxygen atoms in total. The van der Waals surface area contributed by atoms with Crippen molar-refractivity contribution >= 4 is 21.9 Å². The van der Waals surface area contributed by atoms with E-state index in [4.69, 9.17) is 0 Å². The number of halogens is 6. The van der Waals surface area contributed by atoms with Crippen molar-refractivity contribution in [1.82, 2.24) is 4.98 Å². The van der Waals surface area contributed by atoms with Gasteiger partial charge in [0.15, 0.2) is 0 Å². The van der Waals surface area contributed by atoms with Gasteiger partial charge in [-0.05, 0) is 13.0 Å². The lowest BCUT2D eigenvalue weighted by Gasteiger charge is -2.15. The van der Waals surface area contributed by atoms with Gasteiger partial charge in [-0.2, -0.15) is 0 Å². The van der Waals surface area contributed by atoms with E-state index in [0.717, 1.165) is 6.07 Å². The molecule has 0 aliphatic carbocycles. The molecule has 0 aliphatic heterocycles. The lowest BCUT2D eigenvalue weighted by atomic mass is 10.1. The lowest BCUT2D eigenvalue weighted by Crippen LogP contribution is -2.21. The van der Waals surface area contributed by atoms with Crippen molar-refractivity contribution in [3.8, 4) is 5.88 Å². The van der Waals surface area contributed by atoms with E-state index in [0.29, 0.717) is 0 Å². The van der Waals surface area contributed by atoms with Crippen LogP contribution in [0.5, 0.6) is 5.88 Å². The molecule has 0 spiro atoms. The Morgan fingerprint density at radius 1 is 1.41 bits per heavy atom. The summed E-state index contributed by atoms with van der Waals surface area (Å²) in [6.45, 7) is 1.50. The molecule has 1 aromatic rings. The van der Waals surface area contributed by atoms with E-state index in [1.54, 1.807) is 0 Å². The summed E-state index contributed by atoms with van der Waals surface area (Å²) in [6, 6.07) is 0.770. The Labute approximate surface area is 130 Å². The first-order chi connectivity index (χ1) is 10.2. The highest BCUT2D eigenvalue weighted by atomic mass is 79.9. The minimum absolute atomic E-state index is 0.00289. The lowest BCUT2D eigenvalue weighted by molar-refractivity contribution is -0.276. The summed E-state index contributed by atoms with van der Waals surface area (Å²) >= 11 is 2.87. The molecule has 10 heteroatoms. The summed E-state index contributed by atoms with van der Waals surface area (Å²) in [5, 5.41) is -0.194. The van der Waals surface area contributed by atoms with Crippen molar-refractivity contribution in [1.29, 1.82) is 0 Å². The minimum atomic E-state index is -5.06. The Morgan fingerprint density at radius 3 is 2.50 bits per heavy atom. The smallest absolute Gasteiger partial charge is 0.466 e. The highest BCUT2D eigenvalue weighted by Crippen LogP contribution is 2.32. The van der Waals surface area contributed by atoms with Crippen LogP contribution in [-0.2, 0) is 21.3 Å². The van der Waals surface area contributed by atoms with Crippen LogP contribution in [0.4, 0.5) is 22.0 Å². The van der Waals surface area contributed by atoms with Crippen LogP contribution in [0.15, 0.2) is 6.07 Å². The Hall–Kier alpha value is -1.45. The fourth-order valence-corrected chi connectivity index (χ4v) is 2.03.